The van der Waals surface area contributed by atoms with Gasteiger partial charge in [0.25, 0.3) is 0 Å². The Hall–Kier alpha value is -2.54. The third-order valence-corrected chi connectivity index (χ3v) is 4.89. The number of anilines is 1. The van der Waals surface area contributed by atoms with Gasteiger partial charge in [-0.25, -0.2) is 0 Å². The van der Waals surface area contributed by atoms with Crippen molar-refractivity contribution in [2.45, 2.75) is 45.3 Å². The molecular formula is C18H23N7. The molecule has 0 aliphatic carbocycles. The number of tetrazole rings is 1. The molecule has 3 aromatic rings. The predicted octanol–water partition coefficient (Wildman–Crippen LogP) is 2.51. The maximum atomic E-state index is 4.32. The smallest absolute Gasteiger partial charge is 0.200 e. The van der Waals surface area contributed by atoms with E-state index in [9.17, 15) is 0 Å². The Morgan fingerprint density at radius 2 is 1.92 bits per heavy atom. The van der Waals surface area contributed by atoms with Crippen LogP contribution in [0.1, 0.15) is 37.3 Å². The minimum atomic E-state index is 0.641. The first kappa shape index (κ1) is 16.0. The quantitative estimate of drug-likeness (QED) is 0.771. The first-order valence-corrected chi connectivity index (χ1v) is 8.89. The molecule has 1 aliphatic rings. The molecule has 1 aromatic carbocycles. The second-order valence-electron chi connectivity index (χ2n) is 6.73. The summed E-state index contributed by atoms with van der Waals surface area (Å²) in [5, 5.41) is 18.9. The molecule has 3 heterocycles. The van der Waals surface area contributed by atoms with Gasteiger partial charge in [-0.2, -0.15) is 0 Å². The topological polar surface area (TPSA) is 71.2 Å². The van der Waals surface area contributed by atoms with E-state index in [0.29, 0.717) is 11.7 Å². The second-order valence-corrected chi connectivity index (χ2v) is 6.73. The van der Waals surface area contributed by atoms with Gasteiger partial charge in [0.1, 0.15) is 5.82 Å². The van der Waals surface area contributed by atoms with Crippen LogP contribution in [0.4, 0.5) is 5.82 Å². The third kappa shape index (κ3) is 3.76. The molecule has 1 saturated heterocycles. The van der Waals surface area contributed by atoms with E-state index >= 15 is 0 Å². The van der Waals surface area contributed by atoms with Crippen LogP contribution in [0.15, 0.2) is 36.4 Å². The molecule has 2 aromatic heterocycles. The lowest BCUT2D eigenvalue weighted by atomic mass is 10.0. The van der Waals surface area contributed by atoms with Gasteiger partial charge in [0.15, 0.2) is 5.65 Å². The van der Waals surface area contributed by atoms with Crippen LogP contribution in [0.5, 0.6) is 0 Å². The van der Waals surface area contributed by atoms with Crippen LogP contribution in [-0.4, -0.2) is 42.7 Å². The monoisotopic (exact) mass is 337 g/mol. The molecular weight excluding hydrogens is 314 g/mol. The number of aromatic nitrogens is 5. The molecule has 1 N–H and O–H groups in total. The lowest BCUT2D eigenvalue weighted by molar-refractivity contribution is 0.152. The minimum absolute atomic E-state index is 0.641. The predicted molar refractivity (Wildman–Crippen MR) is 96.1 cm³/mol. The SMILES string of the molecule is C[C@@H]1CCCCN1Cc1ccc(CNc2ccc3nnnn3n2)cc1. The summed E-state index contributed by atoms with van der Waals surface area (Å²) < 4.78 is 1.42. The molecule has 0 amide bonds. The second kappa shape index (κ2) is 7.14. The van der Waals surface area contributed by atoms with Crippen molar-refractivity contribution in [1.29, 1.82) is 0 Å². The largest absolute Gasteiger partial charge is 0.365 e. The number of nitrogens with one attached hydrogen (secondary N) is 1. The maximum absolute atomic E-state index is 4.32. The Kier molecular flexibility index (Phi) is 4.56. The Morgan fingerprint density at radius 1 is 1.08 bits per heavy atom. The summed E-state index contributed by atoms with van der Waals surface area (Å²) in [5.41, 5.74) is 3.25. The van der Waals surface area contributed by atoms with E-state index in [1.54, 1.807) is 0 Å². The van der Waals surface area contributed by atoms with Gasteiger partial charge in [0.2, 0.25) is 0 Å². The molecule has 0 bridgehead atoms. The average Bonchev–Trinajstić information content (AvgIpc) is 3.11. The molecule has 0 saturated carbocycles. The highest BCUT2D eigenvalue weighted by Gasteiger charge is 2.17. The summed E-state index contributed by atoms with van der Waals surface area (Å²) in [4.78, 5) is 2.59. The molecule has 25 heavy (non-hydrogen) atoms. The van der Waals surface area contributed by atoms with Crippen molar-refractivity contribution in [2.75, 3.05) is 11.9 Å². The van der Waals surface area contributed by atoms with Gasteiger partial charge in [-0.1, -0.05) is 30.7 Å². The molecule has 0 radical (unpaired) electrons. The van der Waals surface area contributed by atoms with Gasteiger partial charge in [-0.15, -0.1) is 14.8 Å². The number of benzene rings is 1. The summed E-state index contributed by atoms with van der Waals surface area (Å²) in [7, 11) is 0. The van der Waals surface area contributed by atoms with E-state index in [1.165, 1.54) is 41.6 Å². The number of fused-ring (bicyclic) bond motifs is 1. The van der Waals surface area contributed by atoms with E-state index in [0.717, 1.165) is 18.9 Å². The van der Waals surface area contributed by atoms with Gasteiger partial charge in [0, 0.05) is 19.1 Å². The maximum Gasteiger partial charge on any atom is 0.200 e. The van der Waals surface area contributed by atoms with Gasteiger partial charge in [-0.3, -0.25) is 4.90 Å². The van der Waals surface area contributed by atoms with Crippen LogP contribution < -0.4 is 5.32 Å². The van der Waals surface area contributed by atoms with Crippen LogP contribution in [0.3, 0.4) is 0 Å². The molecule has 1 fully saturated rings. The normalized spacial score (nSPS) is 18.5. The summed E-state index contributed by atoms with van der Waals surface area (Å²) in [5.74, 6) is 0.756. The zero-order valence-corrected chi connectivity index (χ0v) is 14.5. The minimum Gasteiger partial charge on any atom is -0.365 e. The van der Waals surface area contributed by atoms with Gasteiger partial charge < -0.3 is 5.32 Å². The number of piperidine rings is 1. The molecule has 4 rings (SSSR count). The van der Waals surface area contributed by atoms with Crippen molar-refractivity contribution in [2.24, 2.45) is 0 Å². The van der Waals surface area contributed by atoms with Crippen molar-refractivity contribution in [3.05, 3.63) is 47.5 Å². The van der Waals surface area contributed by atoms with Crippen molar-refractivity contribution >= 4 is 11.5 Å². The number of hydrogen-bond donors (Lipinski definition) is 1. The number of hydrogen-bond acceptors (Lipinski definition) is 6. The fourth-order valence-electron chi connectivity index (χ4n) is 3.33. The van der Waals surface area contributed by atoms with Gasteiger partial charge in [0.05, 0.1) is 0 Å². The molecule has 130 valence electrons. The van der Waals surface area contributed by atoms with Crippen molar-refractivity contribution in [3.8, 4) is 0 Å². The third-order valence-electron chi connectivity index (χ3n) is 4.89. The van der Waals surface area contributed by atoms with Gasteiger partial charge >= 0.3 is 0 Å². The molecule has 7 nitrogen and oxygen atoms in total. The Bertz CT molecular complexity index is 827. The van der Waals surface area contributed by atoms with Crippen LogP contribution in [0.25, 0.3) is 5.65 Å². The highest BCUT2D eigenvalue weighted by molar-refractivity contribution is 5.42. The summed E-state index contributed by atoms with van der Waals surface area (Å²) >= 11 is 0. The van der Waals surface area contributed by atoms with Crippen LogP contribution >= 0.6 is 0 Å². The standard InChI is InChI=1S/C18H23N7/c1-14-4-2-3-11-24(14)13-16-7-5-15(6-8-16)12-19-17-9-10-18-20-22-23-25(18)21-17/h5-10,14H,2-4,11-13H2,1H3,(H,19,21)/t14-/m1/s1. The first-order chi connectivity index (χ1) is 12.3. The van der Waals surface area contributed by atoms with E-state index in [2.05, 4.69) is 62.0 Å². The number of likely N-dealkylation sites (tertiary alicyclic amines) is 1. The first-order valence-electron chi connectivity index (χ1n) is 8.89. The number of rotatable bonds is 5. The fraction of sp³-hybridized carbons (Fsp3) is 0.444. The van der Waals surface area contributed by atoms with E-state index < -0.39 is 0 Å². The Balaban J connectivity index is 1.35. The van der Waals surface area contributed by atoms with Crippen molar-refractivity contribution < 1.29 is 0 Å². The molecule has 1 aliphatic heterocycles. The molecule has 0 spiro atoms. The highest BCUT2D eigenvalue weighted by Crippen LogP contribution is 2.19. The highest BCUT2D eigenvalue weighted by atomic mass is 15.6. The molecule has 1 atom stereocenters. The summed E-state index contributed by atoms with van der Waals surface area (Å²) in [6.45, 7) is 5.33. The Labute approximate surface area is 147 Å². The van der Waals surface area contributed by atoms with E-state index in [1.807, 2.05) is 12.1 Å². The van der Waals surface area contributed by atoms with Gasteiger partial charge in [-0.05, 0) is 60.0 Å². The van der Waals surface area contributed by atoms with Crippen molar-refractivity contribution in [1.82, 2.24) is 30.2 Å². The van der Waals surface area contributed by atoms with E-state index in [-0.39, 0.29) is 0 Å². The average molecular weight is 337 g/mol. The van der Waals surface area contributed by atoms with E-state index in [4.69, 9.17) is 0 Å². The number of nitrogens with zero attached hydrogens (tertiary/aromatic N) is 6. The lowest BCUT2D eigenvalue weighted by Gasteiger charge is -2.33. The molecule has 0 unspecified atom stereocenters. The summed E-state index contributed by atoms with van der Waals surface area (Å²) in [6.07, 6.45) is 4.01. The molecule has 7 heteroatoms. The Morgan fingerprint density at radius 3 is 2.76 bits per heavy atom. The zero-order chi connectivity index (χ0) is 17.1. The van der Waals surface area contributed by atoms with Crippen molar-refractivity contribution in [3.63, 3.8) is 0 Å². The van der Waals surface area contributed by atoms with Crippen LogP contribution in [0.2, 0.25) is 0 Å². The van der Waals surface area contributed by atoms with Crippen LogP contribution in [0, 0.1) is 0 Å². The van der Waals surface area contributed by atoms with Crippen LogP contribution in [-0.2, 0) is 13.1 Å². The zero-order valence-electron chi connectivity index (χ0n) is 14.5. The lowest BCUT2D eigenvalue weighted by Crippen LogP contribution is -2.36. The fourth-order valence-corrected chi connectivity index (χ4v) is 3.33. The summed E-state index contributed by atoms with van der Waals surface area (Å²) in [6, 6.07) is 13.3.